The van der Waals surface area contributed by atoms with Crippen LogP contribution in [-0.2, 0) is 0 Å². The number of halogens is 1. The highest BCUT2D eigenvalue weighted by molar-refractivity contribution is 5.98. The van der Waals surface area contributed by atoms with E-state index in [1.807, 2.05) is 35.1 Å². The molecule has 1 aliphatic heterocycles. The number of fused-ring (bicyclic) bond motifs is 1. The number of nitrogen functional groups attached to an aromatic ring is 1. The SMILES string of the molecule is Nc1ncc(-c2cnn(C3CCNCC3)c2)cc1-c1cc2c(-c3cccnc3)ccc(F)c2cn1. The first kappa shape index (κ1) is 21.4. The molecular weight excluding hydrogens is 441 g/mol. The molecule has 5 aromatic rings. The third kappa shape index (κ3) is 4.02. The quantitative estimate of drug-likeness (QED) is 0.393. The van der Waals surface area contributed by atoms with Crippen molar-refractivity contribution in [3.63, 3.8) is 0 Å². The van der Waals surface area contributed by atoms with Gasteiger partial charge in [0.15, 0.2) is 0 Å². The van der Waals surface area contributed by atoms with Crippen molar-refractivity contribution >= 4 is 16.6 Å². The second-order valence-corrected chi connectivity index (χ2v) is 8.80. The zero-order valence-electron chi connectivity index (χ0n) is 19.0. The number of pyridine rings is 3. The summed E-state index contributed by atoms with van der Waals surface area (Å²) in [5.41, 5.74) is 11.3. The van der Waals surface area contributed by atoms with Crippen molar-refractivity contribution in [2.45, 2.75) is 18.9 Å². The number of rotatable bonds is 4. The predicted molar refractivity (Wildman–Crippen MR) is 135 cm³/mol. The fourth-order valence-electron chi connectivity index (χ4n) is 4.72. The molecule has 3 N–H and O–H groups in total. The molecule has 5 heterocycles. The average molecular weight is 466 g/mol. The first-order chi connectivity index (χ1) is 17.2. The lowest BCUT2D eigenvalue weighted by atomic mass is 9.98. The van der Waals surface area contributed by atoms with E-state index in [1.54, 1.807) is 30.9 Å². The van der Waals surface area contributed by atoms with Crippen molar-refractivity contribution in [2.24, 2.45) is 0 Å². The number of aromatic nitrogens is 5. The van der Waals surface area contributed by atoms with Crippen LogP contribution >= 0.6 is 0 Å². The number of hydrogen-bond donors (Lipinski definition) is 2. The summed E-state index contributed by atoms with van der Waals surface area (Å²) in [6, 6.07) is 11.3. The summed E-state index contributed by atoms with van der Waals surface area (Å²) in [6.07, 6.45) is 12.8. The molecule has 0 amide bonds. The summed E-state index contributed by atoms with van der Waals surface area (Å²) >= 11 is 0. The van der Waals surface area contributed by atoms with Gasteiger partial charge in [-0.3, -0.25) is 14.6 Å². The van der Waals surface area contributed by atoms with Gasteiger partial charge in [0.2, 0.25) is 0 Å². The average Bonchev–Trinajstić information content (AvgIpc) is 3.41. The van der Waals surface area contributed by atoms with E-state index in [1.165, 1.54) is 6.07 Å². The van der Waals surface area contributed by atoms with E-state index in [-0.39, 0.29) is 5.82 Å². The Morgan fingerprint density at radius 3 is 2.60 bits per heavy atom. The number of nitrogens with zero attached hydrogens (tertiary/aromatic N) is 5. The van der Waals surface area contributed by atoms with Gasteiger partial charge in [-0.25, -0.2) is 9.37 Å². The number of anilines is 1. The fraction of sp³-hybridized carbons (Fsp3) is 0.185. The van der Waals surface area contributed by atoms with Crippen LogP contribution in [0.4, 0.5) is 10.2 Å². The summed E-state index contributed by atoms with van der Waals surface area (Å²) in [6.45, 7) is 2.01. The smallest absolute Gasteiger partial charge is 0.132 e. The Morgan fingerprint density at radius 1 is 0.886 bits per heavy atom. The summed E-state index contributed by atoms with van der Waals surface area (Å²) in [7, 11) is 0. The van der Waals surface area contributed by atoms with Crippen LogP contribution in [0.3, 0.4) is 0 Å². The van der Waals surface area contributed by atoms with Crippen molar-refractivity contribution in [1.82, 2.24) is 30.0 Å². The van der Waals surface area contributed by atoms with Crippen molar-refractivity contribution in [1.29, 1.82) is 0 Å². The molecule has 0 atom stereocenters. The van der Waals surface area contributed by atoms with E-state index < -0.39 is 0 Å². The van der Waals surface area contributed by atoms with Crippen molar-refractivity contribution in [3.8, 4) is 33.5 Å². The molecule has 0 aliphatic carbocycles. The van der Waals surface area contributed by atoms with E-state index in [0.29, 0.717) is 28.5 Å². The summed E-state index contributed by atoms with van der Waals surface area (Å²) in [4.78, 5) is 13.2. The summed E-state index contributed by atoms with van der Waals surface area (Å²) in [5.74, 6) is 0.0440. The summed E-state index contributed by atoms with van der Waals surface area (Å²) < 4.78 is 16.7. The lowest BCUT2D eigenvalue weighted by Gasteiger charge is -2.22. The maximum absolute atomic E-state index is 14.6. The van der Waals surface area contributed by atoms with Gasteiger partial charge in [0.25, 0.3) is 0 Å². The molecule has 1 saturated heterocycles. The topological polar surface area (TPSA) is 94.5 Å². The van der Waals surface area contributed by atoms with Crippen LogP contribution in [-0.4, -0.2) is 37.8 Å². The predicted octanol–water partition coefficient (Wildman–Crippen LogP) is 4.87. The second kappa shape index (κ2) is 8.88. The van der Waals surface area contributed by atoms with Crippen LogP contribution < -0.4 is 11.1 Å². The highest BCUT2D eigenvalue weighted by atomic mass is 19.1. The minimum Gasteiger partial charge on any atom is -0.383 e. The number of benzene rings is 1. The molecule has 7 nitrogen and oxygen atoms in total. The van der Waals surface area contributed by atoms with Gasteiger partial charge in [0, 0.05) is 58.6 Å². The molecule has 8 heteroatoms. The van der Waals surface area contributed by atoms with Gasteiger partial charge in [-0.1, -0.05) is 12.1 Å². The molecule has 4 aromatic heterocycles. The highest BCUT2D eigenvalue weighted by Crippen LogP contribution is 2.35. The van der Waals surface area contributed by atoms with Crippen molar-refractivity contribution in [2.75, 3.05) is 18.8 Å². The van der Waals surface area contributed by atoms with E-state index in [4.69, 9.17) is 5.73 Å². The Balaban J connectivity index is 1.42. The van der Waals surface area contributed by atoms with Gasteiger partial charge in [-0.15, -0.1) is 0 Å². The first-order valence-corrected chi connectivity index (χ1v) is 11.7. The van der Waals surface area contributed by atoms with Crippen molar-refractivity contribution in [3.05, 3.63) is 79.4 Å². The molecule has 6 rings (SSSR count). The maximum atomic E-state index is 14.6. The maximum Gasteiger partial charge on any atom is 0.132 e. The Morgan fingerprint density at radius 2 is 1.77 bits per heavy atom. The zero-order valence-corrected chi connectivity index (χ0v) is 19.0. The zero-order chi connectivity index (χ0) is 23.8. The molecule has 174 valence electrons. The molecule has 1 aromatic carbocycles. The van der Waals surface area contributed by atoms with Gasteiger partial charge in [0.1, 0.15) is 11.6 Å². The van der Waals surface area contributed by atoms with Crippen LogP contribution in [0.15, 0.2) is 73.6 Å². The standard InChI is InChI=1S/C27H24FN7/c28-25-4-3-21(17-2-1-7-31-12-17)22-11-26(32-15-24(22)25)23-10-18(13-33-27(23)29)19-14-34-35(16-19)20-5-8-30-9-6-20/h1-4,7,10-16,20,30H,5-6,8-9H2,(H2,29,33). The number of piperidine rings is 1. The Labute approximate surface area is 201 Å². The second-order valence-electron chi connectivity index (χ2n) is 8.80. The van der Waals surface area contributed by atoms with Crippen LogP contribution in [0, 0.1) is 5.82 Å². The van der Waals surface area contributed by atoms with E-state index in [0.717, 1.165) is 53.6 Å². The van der Waals surface area contributed by atoms with Crippen molar-refractivity contribution < 1.29 is 4.39 Å². The Hall–Kier alpha value is -4.17. The van der Waals surface area contributed by atoms with Gasteiger partial charge in [-0.05, 0) is 61.1 Å². The molecule has 0 spiro atoms. The molecule has 1 aliphatic rings. The number of nitrogens with two attached hydrogens (primary N) is 1. The molecule has 0 radical (unpaired) electrons. The molecule has 35 heavy (non-hydrogen) atoms. The third-order valence-electron chi connectivity index (χ3n) is 6.63. The van der Waals surface area contributed by atoms with Gasteiger partial charge in [-0.2, -0.15) is 5.10 Å². The Bertz CT molecular complexity index is 1510. The lowest BCUT2D eigenvalue weighted by Crippen LogP contribution is -2.29. The lowest BCUT2D eigenvalue weighted by molar-refractivity contribution is 0.343. The normalized spacial score (nSPS) is 14.4. The van der Waals surface area contributed by atoms with Crippen LogP contribution in [0.25, 0.3) is 44.3 Å². The van der Waals surface area contributed by atoms with E-state index in [2.05, 4.69) is 31.6 Å². The molecule has 1 fully saturated rings. The minimum absolute atomic E-state index is 0.322. The Kier molecular flexibility index (Phi) is 5.42. The monoisotopic (exact) mass is 465 g/mol. The fourth-order valence-corrected chi connectivity index (χ4v) is 4.72. The molecular formula is C27H24FN7. The highest BCUT2D eigenvalue weighted by Gasteiger charge is 2.17. The largest absolute Gasteiger partial charge is 0.383 e. The van der Waals surface area contributed by atoms with Crippen LogP contribution in [0.1, 0.15) is 18.9 Å². The first-order valence-electron chi connectivity index (χ1n) is 11.7. The van der Waals surface area contributed by atoms with Gasteiger partial charge < -0.3 is 11.1 Å². The number of hydrogen-bond acceptors (Lipinski definition) is 6. The van der Waals surface area contributed by atoms with E-state index >= 15 is 0 Å². The third-order valence-corrected chi connectivity index (χ3v) is 6.63. The summed E-state index contributed by atoms with van der Waals surface area (Å²) in [5, 5.41) is 9.18. The van der Waals surface area contributed by atoms with Crippen LogP contribution in [0.2, 0.25) is 0 Å². The van der Waals surface area contributed by atoms with Gasteiger partial charge >= 0.3 is 0 Å². The van der Waals surface area contributed by atoms with E-state index in [9.17, 15) is 4.39 Å². The molecule has 0 bridgehead atoms. The van der Waals surface area contributed by atoms with Gasteiger partial charge in [0.05, 0.1) is 17.9 Å². The minimum atomic E-state index is -0.322. The number of nitrogens with one attached hydrogen (secondary N) is 1. The van der Waals surface area contributed by atoms with Crippen LogP contribution in [0.5, 0.6) is 0 Å². The molecule has 0 saturated carbocycles. The molecule has 0 unspecified atom stereocenters.